The molecule has 0 saturated heterocycles. The summed E-state index contributed by atoms with van der Waals surface area (Å²) in [7, 11) is 6.85. The predicted octanol–water partition coefficient (Wildman–Crippen LogP) is 0.698. The number of hydrogen-bond acceptors (Lipinski definition) is 3. The highest BCUT2D eigenvalue weighted by Crippen LogP contribution is 2.07. The second-order valence-electron chi connectivity index (χ2n) is 5.87. The first-order valence-corrected chi connectivity index (χ1v) is 7.99. The minimum Gasteiger partial charge on any atom is -0.353 e. The Kier molecular flexibility index (Phi) is 8.18. The number of nitrogens with zero attached hydrogens (tertiary/aromatic N) is 3. The van der Waals surface area contributed by atoms with Crippen LogP contribution in [0.2, 0.25) is 0 Å². The smallest absolute Gasteiger partial charge is 0.253 e. The third-order valence-corrected chi connectivity index (χ3v) is 3.35. The number of hydrogen-bond donors (Lipinski definition) is 2. The molecule has 1 aromatic rings. The zero-order valence-corrected chi connectivity index (χ0v) is 15.4. The van der Waals surface area contributed by atoms with Gasteiger partial charge in [0.15, 0.2) is 5.96 Å². The first-order chi connectivity index (χ1) is 11.8. The van der Waals surface area contributed by atoms with Crippen molar-refractivity contribution >= 4 is 17.8 Å². The molecule has 7 nitrogen and oxygen atoms in total. The molecular formula is C18H27N5O2. The Morgan fingerprint density at radius 1 is 1.08 bits per heavy atom. The van der Waals surface area contributed by atoms with E-state index < -0.39 is 0 Å². The number of guanidine groups is 1. The van der Waals surface area contributed by atoms with E-state index >= 15 is 0 Å². The molecule has 0 aliphatic rings. The number of likely N-dealkylation sites (N-methyl/N-ethyl adjacent to an activating group) is 1. The van der Waals surface area contributed by atoms with E-state index in [1.165, 1.54) is 9.80 Å². The molecule has 2 amide bonds. The van der Waals surface area contributed by atoms with Gasteiger partial charge in [-0.3, -0.25) is 9.59 Å². The minimum atomic E-state index is -0.0420. The van der Waals surface area contributed by atoms with Gasteiger partial charge in [-0.25, -0.2) is 4.99 Å². The average Bonchev–Trinajstić information content (AvgIpc) is 2.60. The van der Waals surface area contributed by atoms with Crippen LogP contribution in [0.25, 0.3) is 0 Å². The van der Waals surface area contributed by atoms with Gasteiger partial charge in [0.25, 0.3) is 5.91 Å². The van der Waals surface area contributed by atoms with Crippen molar-refractivity contribution < 1.29 is 9.59 Å². The molecule has 0 aliphatic carbocycles. The molecule has 0 saturated carbocycles. The lowest BCUT2D eigenvalue weighted by Crippen LogP contribution is -2.43. The quantitative estimate of drug-likeness (QED) is 0.433. The normalized spacial score (nSPS) is 10.8. The maximum absolute atomic E-state index is 11.9. The van der Waals surface area contributed by atoms with Crippen LogP contribution in [0.4, 0.5) is 0 Å². The van der Waals surface area contributed by atoms with Crippen LogP contribution in [-0.4, -0.2) is 68.9 Å². The van der Waals surface area contributed by atoms with Crippen molar-refractivity contribution in [1.29, 1.82) is 0 Å². The molecule has 0 aromatic heterocycles. The third-order valence-electron chi connectivity index (χ3n) is 3.35. The molecule has 7 heteroatoms. The third kappa shape index (κ3) is 7.07. The topological polar surface area (TPSA) is 77.0 Å². The summed E-state index contributed by atoms with van der Waals surface area (Å²) in [5.41, 5.74) is 1.60. The summed E-state index contributed by atoms with van der Waals surface area (Å²) in [4.78, 5) is 31.1. The number of carbonyl (C=O) groups excluding carboxylic acids is 2. The van der Waals surface area contributed by atoms with Crippen molar-refractivity contribution in [2.75, 3.05) is 41.3 Å². The van der Waals surface area contributed by atoms with Gasteiger partial charge in [0.05, 0.1) is 13.1 Å². The molecule has 0 aliphatic heterocycles. The molecule has 25 heavy (non-hydrogen) atoms. The first-order valence-electron chi connectivity index (χ1n) is 7.99. The van der Waals surface area contributed by atoms with Crippen molar-refractivity contribution in [1.82, 2.24) is 20.4 Å². The van der Waals surface area contributed by atoms with Crippen molar-refractivity contribution in [2.24, 2.45) is 4.99 Å². The van der Waals surface area contributed by atoms with Crippen LogP contribution in [0, 0.1) is 0 Å². The fourth-order valence-electron chi connectivity index (χ4n) is 1.84. The monoisotopic (exact) mass is 345 g/mol. The van der Waals surface area contributed by atoms with Crippen LogP contribution < -0.4 is 10.6 Å². The van der Waals surface area contributed by atoms with Crippen molar-refractivity contribution in [3.8, 4) is 0 Å². The summed E-state index contributed by atoms with van der Waals surface area (Å²) in [5.74, 6) is 0.454. The highest BCUT2D eigenvalue weighted by Gasteiger charge is 2.08. The highest BCUT2D eigenvalue weighted by atomic mass is 16.2. The van der Waals surface area contributed by atoms with Crippen LogP contribution >= 0.6 is 0 Å². The van der Waals surface area contributed by atoms with Crippen LogP contribution in [0.3, 0.4) is 0 Å². The van der Waals surface area contributed by atoms with Gasteiger partial charge in [0.2, 0.25) is 5.91 Å². The fourth-order valence-corrected chi connectivity index (χ4v) is 1.84. The Labute approximate surface area is 149 Å². The van der Waals surface area contributed by atoms with Gasteiger partial charge < -0.3 is 20.4 Å². The van der Waals surface area contributed by atoms with Crippen molar-refractivity contribution in [2.45, 2.75) is 6.54 Å². The molecule has 136 valence electrons. The zero-order valence-electron chi connectivity index (χ0n) is 15.4. The Hall–Kier alpha value is -2.83. The maximum atomic E-state index is 11.9. The van der Waals surface area contributed by atoms with E-state index in [-0.39, 0.29) is 18.4 Å². The fraction of sp³-hybridized carbons (Fsp3) is 0.389. The van der Waals surface area contributed by atoms with E-state index in [9.17, 15) is 9.59 Å². The van der Waals surface area contributed by atoms with Gasteiger partial charge in [0.1, 0.15) is 0 Å². The van der Waals surface area contributed by atoms with Gasteiger partial charge in [-0.05, 0) is 17.7 Å². The standard InChI is InChI=1S/C18H27N5O2/c1-6-11-19-18(21-13-16(24)22(2)3)20-12-14-7-9-15(10-8-14)17(25)23(4)5/h6-10H,1,11-13H2,2-5H3,(H2,19,20,21). The molecule has 1 rings (SSSR count). The van der Waals surface area contributed by atoms with E-state index in [1.807, 2.05) is 12.1 Å². The number of benzene rings is 1. The SMILES string of the molecule is C=CCNC(=NCc1ccc(C(=O)N(C)C)cc1)NCC(=O)N(C)C. The predicted molar refractivity (Wildman–Crippen MR) is 100 cm³/mol. The van der Waals surface area contributed by atoms with Gasteiger partial charge in [-0.1, -0.05) is 18.2 Å². The Bertz CT molecular complexity index is 621. The van der Waals surface area contributed by atoms with Crippen molar-refractivity contribution in [3.05, 3.63) is 48.0 Å². The molecular weight excluding hydrogens is 318 g/mol. The lowest BCUT2D eigenvalue weighted by Gasteiger charge is -2.14. The average molecular weight is 345 g/mol. The largest absolute Gasteiger partial charge is 0.353 e. The zero-order chi connectivity index (χ0) is 18.8. The maximum Gasteiger partial charge on any atom is 0.253 e. The molecule has 0 bridgehead atoms. The van der Waals surface area contributed by atoms with Crippen LogP contribution in [0.5, 0.6) is 0 Å². The number of amides is 2. The number of nitrogens with one attached hydrogen (secondary N) is 2. The number of aliphatic imine (C=N–C) groups is 1. The summed E-state index contributed by atoms with van der Waals surface area (Å²) >= 11 is 0. The molecule has 0 unspecified atom stereocenters. The summed E-state index contributed by atoms with van der Waals surface area (Å²) in [6.45, 7) is 4.79. The van der Waals surface area contributed by atoms with Crippen LogP contribution in [0.1, 0.15) is 15.9 Å². The minimum absolute atomic E-state index is 0.0349. The molecule has 0 heterocycles. The summed E-state index contributed by atoms with van der Waals surface area (Å²) < 4.78 is 0. The van der Waals surface area contributed by atoms with Crippen LogP contribution in [0.15, 0.2) is 41.9 Å². The second-order valence-corrected chi connectivity index (χ2v) is 5.87. The molecule has 1 aromatic carbocycles. The second kappa shape index (κ2) is 10.1. The summed E-state index contributed by atoms with van der Waals surface area (Å²) in [6, 6.07) is 7.31. The molecule has 0 fully saturated rings. The lowest BCUT2D eigenvalue weighted by molar-refractivity contribution is -0.127. The summed E-state index contributed by atoms with van der Waals surface area (Å²) in [6.07, 6.45) is 1.71. The van der Waals surface area contributed by atoms with E-state index in [0.717, 1.165) is 5.56 Å². The van der Waals surface area contributed by atoms with Gasteiger partial charge in [0, 0.05) is 40.3 Å². The highest BCUT2D eigenvalue weighted by molar-refractivity contribution is 5.93. The summed E-state index contributed by atoms with van der Waals surface area (Å²) in [5, 5.41) is 6.06. The van der Waals surface area contributed by atoms with Gasteiger partial charge >= 0.3 is 0 Å². The number of carbonyl (C=O) groups is 2. The molecule has 2 N–H and O–H groups in total. The Morgan fingerprint density at radius 3 is 2.24 bits per heavy atom. The van der Waals surface area contributed by atoms with E-state index in [0.29, 0.717) is 24.6 Å². The number of rotatable bonds is 7. The van der Waals surface area contributed by atoms with Gasteiger partial charge in [-0.15, -0.1) is 6.58 Å². The Balaban J connectivity index is 2.72. The molecule has 0 spiro atoms. The van der Waals surface area contributed by atoms with Crippen LogP contribution in [-0.2, 0) is 11.3 Å². The first kappa shape index (κ1) is 20.2. The molecule has 0 radical (unpaired) electrons. The van der Waals surface area contributed by atoms with Gasteiger partial charge in [-0.2, -0.15) is 0 Å². The van der Waals surface area contributed by atoms with E-state index in [1.54, 1.807) is 46.4 Å². The molecule has 0 atom stereocenters. The van der Waals surface area contributed by atoms with Crippen molar-refractivity contribution in [3.63, 3.8) is 0 Å². The lowest BCUT2D eigenvalue weighted by atomic mass is 10.1. The van der Waals surface area contributed by atoms with E-state index in [4.69, 9.17) is 0 Å². The van der Waals surface area contributed by atoms with E-state index in [2.05, 4.69) is 22.2 Å². The Morgan fingerprint density at radius 2 is 1.72 bits per heavy atom.